The predicted molar refractivity (Wildman–Crippen MR) is 86.4 cm³/mol. The minimum absolute atomic E-state index is 0.0351. The molecule has 1 aromatic rings. The molecule has 0 aliphatic heterocycles. The van der Waals surface area contributed by atoms with Gasteiger partial charge in [-0.05, 0) is 59.2 Å². The molecule has 0 aromatic heterocycles. The van der Waals surface area contributed by atoms with Crippen molar-refractivity contribution in [2.45, 2.75) is 59.2 Å². The van der Waals surface area contributed by atoms with Crippen LogP contribution < -0.4 is 15.4 Å². The molecule has 118 valence electrons. The van der Waals surface area contributed by atoms with E-state index in [2.05, 4.69) is 31.4 Å². The van der Waals surface area contributed by atoms with Gasteiger partial charge in [-0.1, -0.05) is 12.1 Å². The highest BCUT2D eigenvalue weighted by Gasteiger charge is 2.14. The molecule has 0 aliphatic carbocycles. The fraction of sp³-hybridized carbons (Fsp3) is 0.588. The quantitative estimate of drug-likeness (QED) is 0.877. The van der Waals surface area contributed by atoms with Crippen molar-refractivity contribution in [2.75, 3.05) is 6.61 Å². The molecule has 4 heteroatoms. The Morgan fingerprint density at radius 2 is 1.76 bits per heavy atom. The van der Waals surface area contributed by atoms with Crippen molar-refractivity contribution < 1.29 is 9.53 Å². The zero-order valence-corrected chi connectivity index (χ0v) is 14.0. The van der Waals surface area contributed by atoms with Crippen LogP contribution in [-0.4, -0.2) is 23.6 Å². The SMILES string of the molecule is CC(C)(C)NCc1cccc(OCC(=O)NC(C)(C)C)c1. The summed E-state index contributed by atoms with van der Waals surface area (Å²) in [5, 5.41) is 6.30. The molecule has 1 amide bonds. The van der Waals surface area contributed by atoms with E-state index in [1.54, 1.807) is 0 Å². The van der Waals surface area contributed by atoms with Crippen molar-refractivity contribution in [2.24, 2.45) is 0 Å². The van der Waals surface area contributed by atoms with Crippen molar-refractivity contribution in [1.29, 1.82) is 0 Å². The van der Waals surface area contributed by atoms with Crippen molar-refractivity contribution in [3.05, 3.63) is 29.8 Å². The van der Waals surface area contributed by atoms with E-state index in [4.69, 9.17) is 4.74 Å². The molecule has 0 aliphatic rings. The van der Waals surface area contributed by atoms with Gasteiger partial charge in [0.2, 0.25) is 0 Å². The smallest absolute Gasteiger partial charge is 0.258 e. The molecule has 0 saturated carbocycles. The van der Waals surface area contributed by atoms with E-state index in [-0.39, 0.29) is 23.6 Å². The molecule has 1 rings (SSSR count). The highest BCUT2D eigenvalue weighted by atomic mass is 16.5. The summed E-state index contributed by atoms with van der Waals surface area (Å²) < 4.78 is 5.55. The van der Waals surface area contributed by atoms with Crippen molar-refractivity contribution in [3.63, 3.8) is 0 Å². The third kappa shape index (κ3) is 8.35. The lowest BCUT2D eigenvalue weighted by Gasteiger charge is -2.21. The van der Waals surface area contributed by atoms with Crippen molar-refractivity contribution in [1.82, 2.24) is 10.6 Å². The number of benzene rings is 1. The van der Waals surface area contributed by atoms with Gasteiger partial charge in [0.25, 0.3) is 5.91 Å². The maximum atomic E-state index is 11.7. The second-order valence-electron chi connectivity index (χ2n) is 7.34. The maximum absolute atomic E-state index is 11.7. The van der Waals surface area contributed by atoms with E-state index in [1.807, 2.05) is 45.0 Å². The summed E-state index contributed by atoms with van der Waals surface area (Å²) in [5.74, 6) is 0.605. The minimum atomic E-state index is -0.237. The van der Waals surface area contributed by atoms with Gasteiger partial charge in [-0.3, -0.25) is 4.79 Å². The molecular weight excluding hydrogens is 264 g/mol. The second-order valence-corrected chi connectivity index (χ2v) is 7.34. The average Bonchev–Trinajstić information content (AvgIpc) is 2.32. The normalized spacial score (nSPS) is 12.1. The Kier molecular flexibility index (Phi) is 5.78. The molecule has 2 N–H and O–H groups in total. The van der Waals surface area contributed by atoms with Gasteiger partial charge in [0, 0.05) is 17.6 Å². The van der Waals surface area contributed by atoms with E-state index in [1.165, 1.54) is 0 Å². The van der Waals surface area contributed by atoms with Gasteiger partial charge in [0.1, 0.15) is 5.75 Å². The molecule has 0 heterocycles. The number of nitrogens with one attached hydrogen (secondary N) is 2. The highest BCUT2D eigenvalue weighted by Crippen LogP contribution is 2.14. The van der Waals surface area contributed by atoms with Gasteiger partial charge in [0.15, 0.2) is 6.61 Å². The van der Waals surface area contributed by atoms with Crippen LogP contribution in [0.5, 0.6) is 5.75 Å². The second kappa shape index (κ2) is 6.94. The Bertz CT molecular complexity index is 470. The Morgan fingerprint density at radius 3 is 2.33 bits per heavy atom. The zero-order valence-electron chi connectivity index (χ0n) is 14.0. The maximum Gasteiger partial charge on any atom is 0.258 e. The fourth-order valence-electron chi connectivity index (χ4n) is 1.72. The topological polar surface area (TPSA) is 50.4 Å². The summed E-state index contributed by atoms with van der Waals surface area (Å²) in [6.45, 7) is 13.0. The fourth-order valence-corrected chi connectivity index (χ4v) is 1.72. The first kappa shape index (κ1) is 17.5. The van der Waals surface area contributed by atoms with Crippen LogP contribution in [0.15, 0.2) is 24.3 Å². The lowest BCUT2D eigenvalue weighted by atomic mass is 10.1. The van der Waals surface area contributed by atoms with Gasteiger partial charge in [-0.2, -0.15) is 0 Å². The average molecular weight is 292 g/mol. The molecule has 4 nitrogen and oxygen atoms in total. The first-order valence-electron chi connectivity index (χ1n) is 7.33. The Balaban J connectivity index is 2.51. The molecule has 0 spiro atoms. The van der Waals surface area contributed by atoms with Gasteiger partial charge >= 0.3 is 0 Å². The van der Waals surface area contributed by atoms with Crippen LogP contribution in [0.3, 0.4) is 0 Å². The monoisotopic (exact) mass is 292 g/mol. The summed E-state index contributed by atoms with van der Waals surface area (Å²) in [6, 6.07) is 7.81. The van der Waals surface area contributed by atoms with Gasteiger partial charge in [-0.25, -0.2) is 0 Å². The number of hydrogen-bond acceptors (Lipinski definition) is 3. The van der Waals surface area contributed by atoms with Crippen LogP contribution in [0.25, 0.3) is 0 Å². The minimum Gasteiger partial charge on any atom is -0.484 e. The Morgan fingerprint density at radius 1 is 1.10 bits per heavy atom. The number of rotatable bonds is 5. The van der Waals surface area contributed by atoms with Gasteiger partial charge in [0.05, 0.1) is 0 Å². The Labute approximate surface area is 128 Å². The van der Waals surface area contributed by atoms with Crippen LogP contribution >= 0.6 is 0 Å². The molecule has 0 fully saturated rings. The summed E-state index contributed by atoms with van der Waals surface area (Å²) in [7, 11) is 0. The van der Waals surface area contributed by atoms with Crippen LogP contribution in [0.2, 0.25) is 0 Å². The molecule has 21 heavy (non-hydrogen) atoms. The predicted octanol–water partition coefficient (Wildman–Crippen LogP) is 2.87. The van der Waals surface area contributed by atoms with Gasteiger partial charge in [-0.15, -0.1) is 0 Å². The largest absolute Gasteiger partial charge is 0.484 e. The molecule has 0 atom stereocenters. The number of hydrogen-bond donors (Lipinski definition) is 2. The third-order valence-corrected chi connectivity index (χ3v) is 2.61. The van der Waals surface area contributed by atoms with Crippen LogP contribution in [-0.2, 0) is 11.3 Å². The van der Waals surface area contributed by atoms with E-state index < -0.39 is 0 Å². The van der Waals surface area contributed by atoms with E-state index in [0.29, 0.717) is 5.75 Å². The summed E-state index contributed by atoms with van der Waals surface area (Å²) in [5.41, 5.74) is 0.973. The molecule has 0 unspecified atom stereocenters. The van der Waals surface area contributed by atoms with Crippen molar-refractivity contribution >= 4 is 5.91 Å². The molecule has 1 aromatic carbocycles. The number of ether oxygens (including phenoxy) is 1. The first-order valence-corrected chi connectivity index (χ1v) is 7.33. The number of carbonyl (C=O) groups is 1. The standard InChI is InChI=1S/C17H28N2O2/c1-16(2,3)18-11-13-8-7-9-14(10-13)21-12-15(20)19-17(4,5)6/h7-10,18H,11-12H2,1-6H3,(H,19,20). The van der Waals surface area contributed by atoms with Crippen LogP contribution in [0.4, 0.5) is 0 Å². The lowest BCUT2D eigenvalue weighted by molar-refractivity contribution is -0.124. The van der Waals surface area contributed by atoms with Crippen molar-refractivity contribution in [3.8, 4) is 5.75 Å². The number of carbonyl (C=O) groups excluding carboxylic acids is 1. The zero-order chi connectivity index (χ0) is 16.1. The molecule has 0 radical (unpaired) electrons. The van der Waals surface area contributed by atoms with E-state index >= 15 is 0 Å². The van der Waals surface area contributed by atoms with E-state index in [0.717, 1.165) is 12.1 Å². The summed E-state index contributed by atoms with van der Waals surface area (Å²) in [6.07, 6.45) is 0. The molecule has 0 saturated heterocycles. The van der Waals surface area contributed by atoms with Crippen LogP contribution in [0, 0.1) is 0 Å². The van der Waals surface area contributed by atoms with Crippen LogP contribution in [0.1, 0.15) is 47.1 Å². The first-order chi connectivity index (χ1) is 9.55. The summed E-state index contributed by atoms with van der Waals surface area (Å²) >= 11 is 0. The van der Waals surface area contributed by atoms with Gasteiger partial charge < -0.3 is 15.4 Å². The Hall–Kier alpha value is -1.55. The summed E-state index contributed by atoms with van der Waals surface area (Å²) in [4.78, 5) is 11.7. The lowest BCUT2D eigenvalue weighted by Crippen LogP contribution is -2.43. The van der Waals surface area contributed by atoms with E-state index in [9.17, 15) is 4.79 Å². The number of amides is 1. The third-order valence-electron chi connectivity index (χ3n) is 2.61. The molecular formula is C17H28N2O2. The highest BCUT2D eigenvalue weighted by molar-refractivity contribution is 5.78. The molecule has 0 bridgehead atoms.